The number of rotatable bonds is 8. The molecule has 0 aromatic rings. The minimum Gasteiger partial charge on any atom is -0.356 e. The Labute approximate surface area is 167 Å². The molecule has 1 N–H and O–H groups in total. The number of piperidine rings is 2. The molecule has 5 nitrogen and oxygen atoms in total. The van der Waals surface area contributed by atoms with Crippen molar-refractivity contribution >= 4 is 5.96 Å². The fourth-order valence-corrected chi connectivity index (χ4v) is 5.03. The molecule has 0 aromatic heterocycles. The van der Waals surface area contributed by atoms with E-state index in [4.69, 9.17) is 0 Å². The van der Waals surface area contributed by atoms with E-state index in [1.165, 1.54) is 117 Å². The predicted octanol–water partition coefficient (Wildman–Crippen LogP) is 3.03. The fraction of sp³-hybridized carbons (Fsp3) is 0.955. The van der Waals surface area contributed by atoms with Gasteiger partial charge in [0, 0.05) is 33.2 Å². The molecule has 3 aliphatic rings. The zero-order valence-electron chi connectivity index (χ0n) is 17.8. The summed E-state index contributed by atoms with van der Waals surface area (Å²) in [5.74, 6) is 1.96. The first-order valence-corrected chi connectivity index (χ1v) is 11.8. The van der Waals surface area contributed by atoms with Crippen LogP contribution in [0.5, 0.6) is 0 Å². The van der Waals surface area contributed by atoms with E-state index in [1.807, 2.05) is 7.05 Å². The van der Waals surface area contributed by atoms with Crippen LogP contribution in [0.2, 0.25) is 0 Å². The van der Waals surface area contributed by atoms with Crippen LogP contribution in [0.1, 0.15) is 64.2 Å². The van der Waals surface area contributed by atoms with Crippen molar-refractivity contribution in [3.8, 4) is 0 Å². The Bertz CT molecular complexity index is 426. The van der Waals surface area contributed by atoms with E-state index >= 15 is 0 Å². The largest absolute Gasteiger partial charge is 0.356 e. The summed E-state index contributed by atoms with van der Waals surface area (Å²) in [4.78, 5) is 12.4. The Morgan fingerprint density at radius 1 is 0.852 bits per heavy atom. The molecule has 0 spiro atoms. The predicted molar refractivity (Wildman–Crippen MR) is 115 cm³/mol. The Balaban J connectivity index is 1.25. The molecule has 3 heterocycles. The van der Waals surface area contributed by atoms with Crippen LogP contribution in [-0.2, 0) is 0 Å². The summed E-state index contributed by atoms with van der Waals surface area (Å²) >= 11 is 0. The maximum Gasteiger partial charge on any atom is 0.193 e. The van der Waals surface area contributed by atoms with Crippen LogP contribution in [0.4, 0.5) is 0 Å². The van der Waals surface area contributed by atoms with Gasteiger partial charge in [-0.2, -0.15) is 0 Å². The van der Waals surface area contributed by atoms with Gasteiger partial charge >= 0.3 is 0 Å². The maximum absolute atomic E-state index is 4.55. The van der Waals surface area contributed by atoms with Gasteiger partial charge in [-0.25, -0.2) is 0 Å². The van der Waals surface area contributed by atoms with E-state index in [2.05, 4.69) is 25.0 Å². The van der Waals surface area contributed by atoms with E-state index in [0.29, 0.717) is 0 Å². The highest BCUT2D eigenvalue weighted by Crippen LogP contribution is 2.20. The first-order chi connectivity index (χ1) is 13.3. The van der Waals surface area contributed by atoms with E-state index in [1.54, 1.807) is 0 Å². The standard InChI is InChI=1S/C22H43N5/c1-23-22(24-12-5-2-6-13-25-14-7-3-8-15-25)27-18-11-21(20-27)19-26-16-9-4-10-17-26/h21H,2-20H2,1H3,(H,23,24). The number of guanidine groups is 1. The second-order valence-electron chi connectivity index (χ2n) is 8.90. The van der Waals surface area contributed by atoms with E-state index < -0.39 is 0 Å². The lowest BCUT2D eigenvalue weighted by Gasteiger charge is -2.29. The SMILES string of the molecule is CN=C(NCCCCCN1CCCCC1)N1CCC(CN2CCCCC2)C1. The number of aliphatic imine (C=N–C) groups is 1. The van der Waals surface area contributed by atoms with E-state index in [-0.39, 0.29) is 0 Å². The van der Waals surface area contributed by atoms with Crippen LogP contribution < -0.4 is 5.32 Å². The van der Waals surface area contributed by atoms with Gasteiger partial charge in [0.1, 0.15) is 0 Å². The Morgan fingerprint density at radius 3 is 2.26 bits per heavy atom. The molecule has 0 amide bonds. The van der Waals surface area contributed by atoms with E-state index in [0.717, 1.165) is 18.4 Å². The normalized spacial score (nSPS) is 25.9. The number of nitrogens with one attached hydrogen (secondary N) is 1. The third-order valence-electron chi connectivity index (χ3n) is 6.65. The van der Waals surface area contributed by atoms with Gasteiger partial charge in [-0.05, 0) is 83.6 Å². The third kappa shape index (κ3) is 7.26. The van der Waals surface area contributed by atoms with Gasteiger partial charge in [0.15, 0.2) is 5.96 Å². The van der Waals surface area contributed by atoms with Gasteiger partial charge in [0.25, 0.3) is 0 Å². The summed E-state index contributed by atoms with van der Waals surface area (Å²) in [5, 5.41) is 3.62. The van der Waals surface area contributed by atoms with Crippen molar-refractivity contribution < 1.29 is 0 Å². The van der Waals surface area contributed by atoms with Crippen LogP contribution >= 0.6 is 0 Å². The molecule has 0 radical (unpaired) electrons. The van der Waals surface area contributed by atoms with Crippen molar-refractivity contribution in [2.75, 3.05) is 66.0 Å². The highest BCUT2D eigenvalue weighted by Gasteiger charge is 2.26. The van der Waals surface area contributed by atoms with Gasteiger partial charge in [-0.15, -0.1) is 0 Å². The molecule has 0 bridgehead atoms. The smallest absolute Gasteiger partial charge is 0.193 e. The van der Waals surface area contributed by atoms with Crippen molar-refractivity contribution in [1.82, 2.24) is 20.0 Å². The lowest BCUT2D eigenvalue weighted by molar-refractivity contribution is 0.198. The number of likely N-dealkylation sites (tertiary alicyclic amines) is 3. The van der Waals surface area contributed by atoms with Gasteiger partial charge < -0.3 is 20.0 Å². The molecule has 3 fully saturated rings. The molecule has 3 rings (SSSR count). The number of unbranched alkanes of at least 4 members (excludes halogenated alkanes) is 2. The molecule has 3 aliphatic heterocycles. The minimum atomic E-state index is 0.825. The molecule has 1 unspecified atom stereocenters. The summed E-state index contributed by atoms with van der Waals surface area (Å²) < 4.78 is 0. The molecule has 27 heavy (non-hydrogen) atoms. The van der Waals surface area contributed by atoms with Gasteiger partial charge in [-0.1, -0.05) is 19.3 Å². The second-order valence-corrected chi connectivity index (χ2v) is 8.90. The van der Waals surface area contributed by atoms with Gasteiger partial charge in [0.05, 0.1) is 0 Å². The summed E-state index contributed by atoms with van der Waals surface area (Å²) in [6.45, 7) is 11.3. The highest BCUT2D eigenvalue weighted by atomic mass is 15.3. The summed E-state index contributed by atoms with van der Waals surface area (Å²) in [6.07, 6.45) is 13.8. The van der Waals surface area contributed by atoms with Crippen LogP contribution in [0.25, 0.3) is 0 Å². The first-order valence-electron chi connectivity index (χ1n) is 11.8. The second kappa shape index (κ2) is 11.9. The number of hydrogen-bond acceptors (Lipinski definition) is 3. The Morgan fingerprint density at radius 2 is 1.56 bits per heavy atom. The molecule has 1 atom stereocenters. The number of nitrogens with zero attached hydrogens (tertiary/aromatic N) is 4. The van der Waals surface area contributed by atoms with Gasteiger partial charge in [0.2, 0.25) is 0 Å². The van der Waals surface area contributed by atoms with Crippen molar-refractivity contribution in [3.05, 3.63) is 0 Å². The molecule has 156 valence electrons. The molecule has 0 aliphatic carbocycles. The highest BCUT2D eigenvalue weighted by molar-refractivity contribution is 5.80. The van der Waals surface area contributed by atoms with Crippen molar-refractivity contribution in [1.29, 1.82) is 0 Å². The quantitative estimate of drug-likeness (QED) is 0.401. The Hall–Kier alpha value is -0.810. The average Bonchev–Trinajstić information content (AvgIpc) is 3.17. The van der Waals surface area contributed by atoms with Crippen molar-refractivity contribution in [2.24, 2.45) is 10.9 Å². The zero-order valence-corrected chi connectivity index (χ0v) is 17.8. The maximum atomic E-state index is 4.55. The van der Waals surface area contributed by atoms with Crippen LogP contribution in [0, 0.1) is 5.92 Å². The monoisotopic (exact) mass is 377 g/mol. The summed E-state index contributed by atoms with van der Waals surface area (Å²) in [6, 6.07) is 0. The molecule has 0 saturated carbocycles. The Kier molecular flexibility index (Phi) is 9.22. The van der Waals surface area contributed by atoms with Gasteiger partial charge in [-0.3, -0.25) is 4.99 Å². The van der Waals surface area contributed by atoms with Crippen LogP contribution in [0.3, 0.4) is 0 Å². The zero-order chi connectivity index (χ0) is 18.7. The fourth-order valence-electron chi connectivity index (χ4n) is 5.03. The first kappa shape index (κ1) is 20.9. The topological polar surface area (TPSA) is 34.1 Å². The van der Waals surface area contributed by atoms with E-state index in [9.17, 15) is 0 Å². The number of hydrogen-bond donors (Lipinski definition) is 1. The molecule has 3 saturated heterocycles. The van der Waals surface area contributed by atoms with Crippen LogP contribution in [0.15, 0.2) is 4.99 Å². The molecular formula is C22H43N5. The summed E-state index contributed by atoms with van der Waals surface area (Å²) in [5.41, 5.74) is 0. The molecule has 5 heteroatoms. The lowest BCUT2D eigenvalue weighted by Crippen LogP contribution is -2.41. The third-order valence-corrected chi connectivity index (χ3v) is 6.65. The minimum absolute atomic E-state index is 0.825. The van der Waals surface area contributed by atoms with Crippen molar-refractivity contribution in [3.63, 3.8) is 0 Å². The molecule has 0 aromatic carbocycles. The average molecular weight is 378 g/mol. The summed E-state index contributed by atoms with van der Waals surface area (Å²) in [7, 11) is 1.94. The lowest BCUT2D eigenvalue weighted by atomic mass is 10.1. The van der Waals surface area contributed by atoms with Crippen LogP contribution in [-0.4, -0.2) is 86.6 Å². The van der Waals surface area contributed by atoms with Crippen molar-refractivity contribution in [2.45, 2.75) is 64.2 Å². The molecular weight excluding hydrogens is 334 g/mol.